The van der Waals surface area contributed by atoms with Gasteiger partial charge in [-0.2, -0.15) is 0 Å². The lowest BCUT2D eigenvalue weighted by molar-refractivity contribution is -0.126. The first-order valence-electron chi connectivity index (χ1n) is 7.40. The van der Waals surface area contributed by atoms with Crippen LogP contribution in [0.3, 0.4) is 0 Å². The highest BCUT2D eigenvalue weighted by Crippen LogP contribution is 2.30. The molecule has 1 fully saturated rings. The van der Waals surface area contributed by atoms with E-state index in [1.54, 1.807) is 0 Å². The fourth-order valence-corrected chi connectivity index (χ4v) is 3.28. The monoisotopic (exact) mass is 335 g/mol. The summed E-state index contributed by atoms with van der Waals surface area (Å²) < 4.78 is 1.94. The highest BCUT2D eigenvalue weighted by molar-refractivity contribution is 6.35. The van der Waals surface area contributed by atoms with E-state index >= 15 is 0 Å². The van der Waals surface area contributed by atoms with Gasteiger partial charge in [0.05, 0.1) is 36.3 Å². The molecule has 122 valence electrons. The molecule has 6 nitrogen and oxygen atoms in total. The van der Waals surface area contributed by atoms with Crippen LogP contribution in [0.15, 0.2) is 18.2 Å². The number of aliphatic hydroxyl groups is 1. The summed E-state index contributed by atoms with van der Waals surface area (Å²) >= 11 is 6.32. The Balaban J connectivity index is 1.88. The van der Waals surface area contributed by atoms with Gasteiger partial charge in [-0.15, -0.1) is 0 Å². The Bertz CT molecular complexity index is 783. The number of β-amino-alcohol motifs (C(OH)–C–C–N with tert-alkyl or cyclic N) is 1. The number of nitrogens with zero attached hydrogens (tertiary/aromatic N) is 2. The fourth-order valence-electron chi connectivity index (χ4n) is 3.00. The minimum absolute atomic E-state index is 0.0119. The second-order valence-corrected chi connectivity index (χ2v) is 6.18. The molecule has 1 aliphatic rings. The molecule has 0 bridgehead atoms. The van der Waals surface area contributed by atoms with Crippen molar-refractivity contribution in [2.45, 2.75) is 26.5 Å². The van der Waals surface area contributed by atoms with Gasteiger partial charge >= 0.3 is 6.03 Å². The van der Waals surface area contributed by atoms with Gasteiger partial charge in [0, 0.05) is 11.1 Å². The fraction of sp³-hybridized carbons (Fsp3) is 0.375. The smallest absolute Gasteiger partial charge is 0.324 e. The number of amides is 3. The molecule has 0 aliphatic carbocycles. The third kappa shape index (κ3) is 2.68. The van der Waals surface area contributed by atoms with Crippen molar-refractivity contribution in [1.29, 1.82) is 0 Å². The van der Waals surface area contributed by atoms with Gasteiger partial charge in [-0.1, -0.05) is 23.7 Å². The van der Waals surface area contributed by atoms with Crippen molar-refractivity contribution in [3.63, 3.8) is 0 Å². The summed E-state index contributed by atoms with van der Waals surface area (Å²) in [4.78, 5) is 24.2. The normalized spacial score (nSPS) is 16.3. The van der Waals surface area contributed by atoms with Gasteiger partial charge in [-0.3, -0.25) is 9.69 Å². The van der Waals surface area contributed by atoms with Gasteiger partial charge in [0.2, 0.25) is 5.91 Å². The lowest BCUT2D eigenvalue weighted by Crippen LogP contribution is -2.39. The number of carbonyl (C=O) groups is 2. The van der Waals surface area contributed by atoms with E-state index in [-0.39, 0.29) is 25.5 Å². The maximum Gasteiger partial charge on any atom is 0.324 e. The van der Waals surface area contributed by atoms with E-state index in [4.69, 9.17) is 11.6 Å². The molecule has 1 aromatic carbocycles. The number of urea groups is 1. The number of halogens is 1. The highest BCUT2D eigenvalue weighted by Gasteiger charge is 2.30. The number of imide groups is 1. The molecule has 1 atom stereocenters. The summed E-state index contributed by atoms with van der Waals surface area (Å²) in [7, 11) is 0. The topological polar surface area (TPSA) is 74.6 Å². The van der Waals surface area contributed by atoms with Gasteiger partial charge in [-0.05, 0) is 25.5 Å². The summed E-state index contributed by atoms with van der Waals surface area (Å²) in [6, 6.07) is 5.23. The van der Waals surface area contributed by atoms with Crippen LogP contribution >= 0.6 is 11.6 Å². The number of fused-ring (bicyclic) bond motifs is 1. The summed E-state index contributed by atoms with van der Waals surface area (Å²) in [5, 5.41) is 14.4. The first-order chi connectivity index (χ1) is 10.9. The molecular weight excluding hydrogens is 318 g/mol. The van der Waals surface area contributed by atoms with Crippen molar-refractivity contribution in [3.05, 3.63) is 34.5 Å². The molecule has 1 saturated heterocycles. The molecule has 0 spiro atoms. The zero-order chi connectivity index (χ0) is 16.7. The molecule has 3 rings (SSSR count). The summed E-state index contributed by atoms with van der Waals surface area (Å²) in [5.41, 5.74) is 2.97. The maximum absolute atomic E-state index is 11.6. The number of benzene rings is 1. The van der Waals surface area contributed by atoms with Crippen molar-refractivity contribution in [2.24, 2.45) is 0 Å². The van der Waals surface area contributed by atoms with Crippen LogP contribution < -0.4 is 5.32 Å². The molecule has 1 aromatic heterocycles. The Kier molecular flexibility index (Phi) is 4.04. The van der Waals surface area contributed by atoms with Crippen molar-refractivity contribution >= 4 is 34.4 Å². The lowest BCUT2D eigenvalue weighted by atomic mass is 10.2. The average Bonchev–Trinajstić information content (AvgIpc) is 2.94. The Morgan fingerprint density at radius 3 is 2.70 bits per heavy atom. The maximum atomic E-state index is 11.6. The number of carbonyl (C=O) groups excluding carboxylic acids is 2. The molecule has 0 saturated carbocycles. The summed E-state index contributed by atoms with van der Waals surface area (Å²) in [6.45, 7) is 4.19. The molecule has 2 aromatic rings. The minimum atomic E-state index is -0.868. The van der Waals surface area contributed by atoms with Crippen molar-refractivity contribution < 1.29 is 14.7 Å². The number of hydrogen-bond acceptors (Lipinski definition) is 3. The number of aliphatic hydroxyl groups excluding tert-OH is 1. The van der Waals surface area contributed by atoms with E-state index in [2.05, 4.69) is 5.32 Å². The molecule has 3 amide bonds. The van der Waals surface area contributed by atoms with Crippen molar-refractivity contribution in [3.8, 4) is 0 Å². The predicted octanol–water partition coefficient (Wildman–Crippen LogP) is 1.82. The SMILES string of the molecule is Cc1c(C)n(CC(O)CN2C(=O)CNC2=O)c2c(Cl)cccc12. The van der Waals surface area contributed by atoms with E-state index in [0.717, 1.165) is 27.1 Å². The third-order valence-corrected chi connectivity index (χ3v) is 4.64. The number of para-hydroxylation sites is 1. The zero-order valence-corrected chi connectivity index (χ0v) is 13.7. The molecular formula is C16H18ClN3O3. The van der Waals surface area contributed by atoms with E-state index < -0.39 is 12.1 Å². The van der Waals surface area contributed by atoms with E-state index in [9.17, 15) is 14.7 Å². The van der Waals surface area contributed by atoms with Crippen LogP contribution in [-0.2, 0) is 11.3 Å². The number of nitrogens with one attached hydrogen (secondary N) is 1. The van der Waals surface area contributed by atoms with Gasteiger partial charge < -0.3 is 15.0 Å². The Hall–Kier alpha value is -2.05. The van der Waals surface area contributed by atoms with Crippen LogP contribution in [-0.4, -0.2) is 45.7 Å². The highest BCUT2D eigenvalue weighted by atomic mass is 35.5. The second kappa shape index (κ2) is 5.86. The van der Waals surface area contributed by atoms with Crippen LogP contribution in [0.5, 0.6) is 0 Å². The van der Waals surface area contributed by atoms with Crippen LogP contribution in [0.1, 0.15) is 11.3 Å². The van der Waals surface area contributed by atoms with E-state index in [0.29, 0.717) is 5.02 Å². The van der Waals surface area contributed by atoms with Crippen LogP contribution in [0.25, 0.3) is 10.9 Å². The summed E-state index contributed by atoms with van der Waals surface area (Å²) in [5.74, 6) is -0.322. The molecule has 7 heteroatoms. The lowest BCUT2D eigenvalue weighted by Gasteiger charge is -2.19. The number of aromatic nitrogens is 1. The van der Waals surface area contributed by atoms with Crippen LogP contribution in [0, 0.1) is 13.8 Å². The largest absolute Gasteiger partial charge is 0.389 e. The van der Waals surface area contributed by atoms with E-state index in [1.165, 1.54) is 0 Å². The number of hydrogen-bond donors (Lipinski definition) is 2. The average molecular weight is 336 g/mol. The molecule has 2 N–H and O–H groups in total. The predicted molar refractivity (Wildman–Crippen MR) is 87.5 cm³/mol. The van der Waals surface area contributed by atoms with Gasteiger partial charge in [-0.25, -0.2) is 4.79 Å². The second-order valence-electron chi connectivity index (χ2n) is 5.77. The summed E-state index contributed by atoms with van der Waals surface area (Å²) in [6.07, 6.45) is -0.868. The first-order valence-corrected chi connectivity index (χ1v) is 7.78. The van der Waals surface area contributed by atoms with Crippen LogP contribution in [0.4, 0.5) is 4.79 Å². The quantitative estimate of drug-likeness (QED) is 0.837. The molecule has 1 aliphatic heterocycles. The van der Waals surface area contributed by atoms with Crippen molar-refractivity contribution in [1.82, 2.24) is 14.8 Å². The Labute approximate surface area is 138 Å². The molecule has 1 unspecified atom stereocenters. The standard InChI is InChI=1S/C16H18ClN3O3/c1-9-10(2)19(15-12(9)4-3-5-13(15)17)7-11(21)8-20-14(22)6-18-16(20)23/h3-5,11,21H,6-8H2,1-2H3,(H,18,23). The van der Waals surface area contributed by atoms with Gasteiger partial charge in [0.15, 0.2) is 0 Å². The zero-order valence-electron chi connectivity index (χ0n) is 13.0. The molecule has 2 heterocycles. The Morgan fingerprint density at radius 2 is 2.04 bits per heavy atom. The molecule has 23 heavy (non-hydrogen) atoms. The third-order valence-electron chi connectivity index (χ3n) is 4.33. The minimum Gasteiger partial charge on any atom is -0.389 e. The molecule has 0 radical (unpaired) electrons. The Morgan fingerprint density at radius 1 is 1.30 bits per heavy atom. The first kappa shape index (κ1) is 15.8. The number of aryl methyl sites for hydroxylation is 1. The van der Waals surface area contributed by atoms with Gasteiger partial charge in [0.1, 0.15) is 0 Å². The van der Waals surface area contributed by atoms with Gasteiger partial charge in [0.25, 0.3) is 0 Å². The van der Waals surface area contributed by atoms with Crippen LogP contribution in [0.2, 0.25) is 5.02 Å². The van der Waals surface area contributed by atoms with Crippen molar-refractivity contribution in [2.75, 3.05) is 13.1 Å². The van der Waals surface area contributed by atoms with E-state index in [1.807, 2.05) is 36.6 Å². The number of rotatable bonds is 4.